The molecular weight excluding hydrogens is 428 g/mol. The minimum atomic E-state index is -3.98. The van der Waals surface area contributed by atoms with E-state index in [1.807, 2.05) is 6.07 Å². The number of carbonyl (C=O) groups is 1. The van der Waals surface area contributed by atoms with Gasteiger partial charge in [-0.25, -0.2) is 18.2 Å². The summed E-state index contributed by atoms with van der Waals surface area (Å²) in [6, 6.07) is 3.62. The van der Waals surface area contributed by atoms with Crippen LogP contribution in [0.5, 0.6) is 5.75 Å². The largest absolute Gasteiger partial charge is 0.486 e. The Kier molecular flexibility index (Phi) is 7.46. The number of oxime groups is 1. The number of rotatable bonds is 7. The van der Waals surface area contributed by atoms with Crippen LogP contribution in [0.25, 0.3) is 0 Å². The molecule has 2 fully saturated rings. The van der Waals surface area contributed by atoms with Crippen LogP contribution < -0.4 is 10.2 Å². The molecule has 31 heavy (non-hydrogen) atoms. The van der Waals surface area contributed by atoms with E-state index in [1.54, 1.807) is 19.2 Å². The first-order valence-electron chi connectivity index (χ1n) is 10.1. The second-order valence-electron chi connectivity index (χ2n) is 7.77. The third-order valence-corrected chi connectivity index (χ3v) is 8.53. The Bertz CT molecular complexity index is 890. The summed E-state index contributed by atoms with van der Waals surface area (Å²) in [7, 11) is -3.98. The van der Waals surface area contributed by atoms with E-state index in [1.165, 1.54) is 9.79 Å². The molecule has 0 radical (unpaired) electrons. The van der Waals surface area contributed by atoms with Gasteiger partial charge in [-0.3, -0.25) is 15.0 Å². The average molecular weight is 457 g/mol. The van der Waals surface area contributed by atoms with Crippen LogP contribution in [0.15, 0.2) is 23.5 Å². The van der Waals surface area contributed by atoms with E-state index in [9.17, 15) is 13.2 Å². The lowest BCUT2D eigenvalue weighted by molar-refractivity contribution is -0.134. The number of piperidine rings is 1. The lowest BCUT2D eigenvalue weighted by atomic mass is 9.94. The van der Waals surface area contributed by atoms with Crippen molar-refractivity contribution in [3.05, 3.63) is 24.0 Å². The first kappa shape index (κ1) is 23.4. The third kappa shape index (κ3) is 4.81. The van der Waals surface area contributed by atoms with Crippen molar-refractivity contribution < 1.29 is 33.1 Å². The molecule has 2 aliphatic rings. The quantitative estimate of drug-likeness (QED) is 0.237. The van der Waals surface area contributed by atoms with E-state index in [4.69, 9.17) is 19.9 Å². The summed E-state index contributed by atoms with van der Waals surface area (Å²) in [4.78, 5) is 16.8. The number of sulfonamides is 1. The van der Waals surface area contributed by atoms with Gasteiger partial charge in [0.05, 0.1) is 11.9 Å². The number of ether oxygens (including phenoxy) is 2. The topological polar surface area (TPSA) is 151 Å². The zero-order chi connectivity index (χ0) is 22.5. The third-order valence-electron chi connectivity index (χ3n) is 5.90. The van der Waals surface area contributed by atoms with Gasteiger partial charge in [-0.2, -0.15) is 0 Å². The van der Waals surface area contributed by atoms with Gasteiger partial charge in [-0.15, -0.1) is 0 Å². The van der Waals surface area contributed by atoms with Crippen LogP contribution in [0.3, 0.4) is 0 Å². The summed E-state index contributed by atoms with van der Waals surface area (Å²) in [5.41, 5.74) is 2.82. The molecule has 0 aromatic carbocycles. The van der Waals surface area contributed by atoms with Crippen molar-refractivity contribution in [2.45, 2.75) is 43.3 Å². The Hall–Kier alpha value is -2.28. The minimum Gasteiger partial charge on any atom is -0.486 e. The monoisotopic (exact) mass is 456 g/mol. The van der Waals surface area contributed by atoms with Gasteiger partial charge in [0.1, 0.15) is 12.4 Å². The molecule has 0 aliphatic carbocycles. The van der Waals surface area contributed by atoms with Gasteiger partial charge >= 0.3 is 0 Å². The lowest BCUT2D eigenvalue weighted by Gasteiger charge is -2.40. The zero-order valence-electron chi connectivity index (χ0n) is 17.4. The molecule has 0 unspecified atom stereocenters. The molecule has 0 spiro atoms. The molecule has 0 bridgehead atoms. The van der Waals surface area contributed by atoms with E-state index in [2.05, 4.69) is 10.1 Å². The van der Waals surface area contributed by atoms with E-state index in [0.717, 1.165) is 5.69 Å². The van der Waals surface area contributed by atoms with Crippen LogP contribution >= 0.6 is 0 Å². The summed E-state index contributed by atoms with van der Waals surface area (Å²) in [5, 5.41) is 20.9. The van der Waals surface area contributed by atoms with Crippen molar-refractivity contribution >= 4 is 21.6 Å². The van der Waals surface area contributed by atoms with Gasteiger partial charge in [0.25, 0.3) is 5.91 Å². The summed E-state index contributed by atoms with van der Waals surface area (Å²) < 4.78 is 37.0. The molecule has 3 N–H and O–H groups in total. The Labute approximate surface area is 181 Å². The highest BCUT2D eigenvalue weighted by atomic mass is 32.2. The first-order valence-corrected chi connectivity index (χ1v) is 11.6. The number of amides is 1. The van der Waals surface area contributed by atoms with Crippen LogP contribution in [0, 0.1) is 0 Å². The highest BCUT2D eigenvalue weighted by Crippen LogP contribution is 2.36. The lowest BCUT2D eigenvalue weighted by Crippen LogP contribution is -2.60. The molecule has 3 heterocycles. The standard InChI is InChI=1S/C19H28N4O7S/c1-14(21-25)13-30-16-2-3-17(20-12-16)15-4-8-23(9-5-15)31(27,28)19(18(24)22-26)6-10-29-11-7-19/h2-3,12,15,25-26H,4-11,13H2,1H3,(H,22,24)/b21-14+. The molecule has 11 nitrogen and oxygen atoms in total. The summed E-state index contributed by atoms with van der Waals surface area (Å²) in [5.74, 6) is -0.279. The first-order chi connectivity index (χ1) is 14.8. The number of nitrogens with zero attached hydrogens (tertiary/aromatic N) is 3. The Morgan fingerprint density at radius 3 is 2.58 bits per heavy atom. The molecule has 2 aliphatic heterocycles. The molecule has 172 valence electrons. The second-order valence-corrected chi connectivity index (χ2v) is 10.0. The maximum atomic E-state index is 13.3. The maximum absolute atomic E-state index is 13.3. The fraction of sp³-hybridized carbons (Fsp3) is 0.632. The summed E-state index contributed by atoms with van der Waals surface area (Å²) >= 11 is 0. The van der Waals surface area contributed by atoms with Crippen LogP contribution in [0.4, 0.5) is 0 Å². The predicted molar refractivity (Wildman–Crippen MR) is 110 cm³/mol. The van der Waals surface area contributed by atoms with E-state index < -0.39 is 20.7 Å². The normalized spacial score (nSPS) is 20.9. The SMILES string of the molecule is C/C(COc1ccc(C2CCN(S(=O)(=O)C3(C(=O)NO)CCOCC3)CC2)nc1)=N\O. The van der Waals surface area contributed by atoms with Gasteiger partial charge in [0.2, 0.25) is 10.0 Å². The number of hydrogen-bond donors (Lipinski definition) is 3. The van der Waals surface area contributed by atoms with Gasteiger partial charge in [0.15, 0.2) is 4.75 Å². The number of nitrogens with one attached hydrogen (secondary N) is 1. The van der Waals surface area contributed by atoms with Gasteiger partial charge < -0.3 is 14.7 Å². The summed E-state index contributed by atoms with van der Waals surface area (Å²) in [6.45, 7) is 2.61. The molecular formula is C19H28N4O7S. The van der Waals surface area contributed by atoms with Gasteiger partial charge in [-0.05, 0) is 31.9 Å². The number of hydrogen-bond acceptors (Lipinski definition) is 9. The number of carbonyl (C=O) groups excluding carboxylic acids is 1. The molecule has 0 saturated carbocycles. The zero-order valence-corrected chi connectivity index (χ0v) is 18.2. The maximum Gasteiger partial charge on any atom is 0.266 e. The number of pyridine rings is 1. The molecule has 1 aromatic rings. The fourth-order valence-corrected chi connectivity index (χ4v) is 6.13. The fourth-order valence-electron chi connectivity index (χ4n) is 3.98. The minimum absolute atomic E-state index is 0.00510. The summed E-state index contributed by atoms with van der Waals surface area (Å²) in [6.07, 6.45) is 2.73. The van der Waals surface area contributed by atoms with Crippen LogP contribution in [-0.2, 0) is 19.6 Å². The van der Waals surface area contributed by atoms with Crippen molar-refractivity contribution in [2.75, 3.05) is 32.9 Å². The van der Waals surface area contributed by atoms with Crippen LogP contribution in [-0.4, -0.2) is 77.4 Å². The van der Waals surface area contributed by atoms with E-state index in [-0.39, 0.29) is 51.7 Å². The number of hydroxylamine groups is 1. The van der Waals surface area contributed by atoms with E-state index >= 15 is 0 Å². The van der Waals surface area contributed by atoms with Gasteiger partial charge in [-0.1, -0.05) is 5.16 Å². The van der Waals surface area contributed by atoms with Crippen molar-refractivity contribution in [3.8, 4) is 5.75 Å². The van der Waals surface area contributed by atoms with E-state index in [0.29, 0.717) is 24.3 Å². The molecule has 3 rings (SSSR count). The molecule has 1 amide bonds. The highest BCUT2D eigenvalue weighted by Gasteiger charge is 2.54. The van der Waals surface area contributed by atoms with Crippen molar-refractivity contribution in [1.82, 2.24) is 14.8 Å². The Morgan fingerprint density at radius 1 is 1.35 bits per heavy atom. The van der Waals surface area contributed by atoms with Crippen molar-refractivity contribution in [2.24, 2.45) is 5.16 Å². The molecule has 2 saturated heterocycles. The van der Waals surface area contributed by atoms with Crippen LogP contribution in [0.1, 0.15) is 44.2 Å². The molecule has 0 atom stereocenters. The Morgan fingerprint density at radius 2 is 2.03 bits per heavy atom. The van der Waals surface area contributed by atoms with Crippen LogP contribution in [0.2, 0.25) is 0 Å². The molecule has 12 heteroatoms. The van der Waals surface area contributed by atoms with Gasteiger partial charge in [0, 0.05) is 50.8 Å². The van der Waals surface area contributed by atoms with Crippen molar-refractivity contribution in [3.63, 3.8) is 0 Å². The second kappa shape index (κ2) is 9.90. The predicted octanol–water partition coefficient (Wildman–Crippen LogP) is 0.874. The smallest absolute Gasteiger partial charge is 0.266 e. The molecule has 1 aromatic heterocycles. The average Bonchev–Trinajstić information content (AvgIpc) is 2.82. The van der Waals surface area contributed by atoms with Crippen molar-refractivity contribution in [1.29, 1.82) is 0 Å². The Balaban J connectivity index is 1.65. The highest BCUT2D eigenvalue weighted by molar-refractivity contribution is 7.91. The number of aromatic nitrogens is 1.